The van der Waals surface area contributed by atoms with Crippen LogP contribution in [0.4, 0.5) is 17.1 Å². The van der Waals surface area contributed by atoms with Crippen LogP contribution in [0.25, 0.3) is 33.4 Å². The molecule has 56 heavy (non-hydrogen) atoms. The van der Waals surface area contributed by atoms with Gasteiger partial charge in [0, 0.05) is 22.2 Å². The van der Waals surface area contributed by atoms with Crippen LogP contribution >= 0.6 is 0 Å². The van der Waals surface area contributed by atoms with Gasteiger partial charge in [-0.3, -0.25) is 0 Å². The smallest absolute Gasteiger partial charge is 0.0719 e. The van der Waals surface area contributed by atoms with E-state index >= 15 is 0 Å². The molecular weight excluding hydrogens is 675 g/mol. The van der Waals surface area contributed by atoms with Crippen molar-refractivity contribution in [1.82, 2.24) is 0 Å². The first-order chi connectivity index (χ1) is 27.3. The highest BCUT2D eigenvalue weighted by molar-refractivity contribution is 5.93. The lowest BCUT2D eigenvalue weighted by Gasteiger charge is -2.46. The second-order valence-corrected chi connectivity index (χ2v) is 16.9. The second kappa shape index (κ2) is 11.8. The van der Waals surface area contributed by atoms with Crippen LogP contribution in [-0.2, 0) is 16.2 Å². The molecule has 1 spiro atoms. The molecule has 0 amide bonds. The predicted octanol–water partition coefficient (Wildman–Crippen LogP) is 14.1. The minimum Gasteiger partial charge on any atom is -0.310 e. The molecule has 0 aliphatic heterocycles. The summed E-state index contributed by atoms with van der Waals surface area (Å²) in [4.78, 5) is 2.46. The van der Waals surface area contributed by atoms with Gasteiger partial charge in [-0.15, -0.1) is 0 Å². The van der Waals surface area contributed by atoms with E-state index in [1.807, 2.05) is 0 Å². The zero-order chi connectivity index (χ0) is 37.8. The summed E-state index contributed by atoms with van der Waals surface area (Å²) >= 11 is 0. The van der Waals surface area contributed by atoms with Gasteiger partial charge in [0.25, 0.3) is 0 Å². The average Bonchev–Trinajstić information content (AvgIpc) is 3.67. The Bertz CT molecular complexity index is 2820. The molecule has 0 saturated heterocycles. The highest BCUT2D eigenvalue weighted by Gasteiger charge is 2.53. The van der Waals surface area contributed by atoms with Crippen molar-refractivity contribution in [2.75, 3.05) is 4.90 Å². The minimum atomic E-state index is -0.392. The molecule has 0 fully saturated rings. The summed E-state index contributed by atoms with van der Waals surface area (Å²) in [6.45, 7) is 9.52. The van der Waals surface area contributed by atoms with Crippen LogP contribution < -0.4 is 4.90 Å². The lowest BCUT2D eigenvalue weighted by molar-refractivity contribution is 0.563. The maximum Gasteiger partial charge on any atom is 0.0719 e. The van der Waals surface area contributed by atoms with Gasteiger partial charge in [0.1, 0.15) is 0 Å². The first-order valence-corrected chi connectivity index (χ1v) is 19.9. The molecule has 8 aromatic carbocycles. The van der Waals surface area contributed by atoms with Gasteiger partial charge in [-0.05, 0) is 114 Å². The zero-order valence-corrected chi connectivity index (χ0v) is 32.3. The number of hydrogen-bond donors (Lipinski definition) is 0. The van der Waals surface area contributed by atoms with Gasteiger partial charge in [0.2, 0.25) is 0 Å². The SMILES string of the molecule is CC1(C)c2ccccc2C2(c3ccccc3-c3cc(-c4cccc(N(c5ccccc5)c5cccc6c5C(C)(C)c5ccccc5-6)c4)ccc32)c2ccccc21. The zero-order valence-electron chi connectivity index (χ0n) is 32.3. The van der Waals surface area contributed by atoms with Crippen LogP contribution in [0.1, 0.15) is 72.2 Å². The van der Waals surface area contributed by atoms with Gasteiger partial charge in [-0.25, -0.2) is 0 Å². The van der Waals surface area contributed by atoms with Crippen LogP contribution in [-0.4, -0.2) is 0 Å². The minimum absolute atomic E-state index is 0.113. The number of para-hydroxylation sites is 1. The standard InChI is InChI=1S/C55H43N/c1-53(2)47-27-12-14-29-49(47)55(50-30-15-13-28-48(50)53)45-26-11-9-23-41(45)43-35-37(32-33-46(43)55)36-18-16-21-39(34-36)56(38-19-6-5-7-20-38)51-31-17-24-42-40-22-8-10-25-44(40)54(3,4)52(42)51/h5-35H,1-4H3. The van der Waals surface area contributed by atoms with E-state index in [9.17, 15) is 0 Å². The Labute approximate surface area is 330 Å². The monoisotopic (exact) mass is 717 g/mol. The van der Waals surface area contributed by atoms with Crippen molar-refractivity contribution in [2.24, 2.45) is 0 Å². The molecule has 3 aliphatic carbocycles. The molecule has 1 nitrogen and oxygen atoms in total. The summed E-state index contributed by atoms with van der Waals surface area (Å²) in [5, 5.41) is 0. The van der Waals surface area contributed by atoms with Gasteiger partial charge >= 0.3 is 0 Å². The number of anilines is 3. The number of rotatable bonds is 4. The summed E-state index contributed by atoms with van der Waals surface area (Å²) in [6.07, 6.45) is 0. The van der Waals surface area contributed by atoms with Gasteiger partial charge in [-0.2, -0.15) is 0 Å². The molecule has 0 aromatic heterocycles. The summed E-state index contributed by atoms with van der Waals surface area (Å²) in [5.41, 5.74) is 21.6. The van der Waals surface area contributed by atoms with Crippen molar-refractivity contribution in [3.8, 4) is 33.4 Å². The summed E-state index contributed by atoms with van der Waals surface area (Å²) in [5.74, 6) is 0. The third kappa shape index (κ3) is 4.32. The highest BCUT2D eigenvalue weighted by atomic mass is 15.1. The number of benzene rings is 8. The maximum absolute atomic E-state index is 2.46. The summed E-state index contributed by atoms with van der Waals surface area (Å²) in [6, 6.07) is 70.5. The van der Waals surface area contributed by atoms with Gasteiger partial charge in [0.05, 0.1) is 11.1 Å². The van der Waals surface area contributed by atoms with E-state index in [4.69, 9.17) is 0 Å². The highest BCUT2D eigenvalue weighted by Crippen LogP contribution is 2.62. The number of nitrogens with zero attached hydrogens (tertiary/aromatic N) is 1. The Balaban J connectivity index is 1.10. The van der Waals surface area contributed by atoms with E-state index in [1.54, 1.807) is 0 Å². The normalized spacial score (nSPS) is 15.6. The summed E-state index contributed by atoms with van der Waals surface area (Å²) in [7, 11) is 0. The quantitative estimate of drug-likeness (QED) is 0.175. The first-order valence-electron chi connectivity index (χ1n) is 19.9. The lowest BCUT2D eigenvalue weighted by atomic mass is 9.55. The van der Waals surface area contributed by atoms with E-state index in [0.29, 0.717) is 0 Å². The third-order valence-electron chi connectivity index (χ3n) is 13.3. The molecule has 3 aliphatic rings. The van der Waals surface area contributed by atoms with Crippen molar-refractivity contribution in [3.63, 3.8) is 0 Å². The molecule has 11 rings (SSSR count). The Morgan fingerprint density at radius 1 is 0.321 bits per heavy atom. The van der Waals surface area contributed by atoms with Gasteiger partial charge in [-0.1, -0.05) is 179 Å². The molecular formula is C55H43N. The molecule has 268 valence electrons. The largest absolute Gasteiger partial charge is 0.310 e. The molecule has 0 heterocycles. The molecule has 8 aromatic rings. The van der Waals surface area contributed by atoms with Crippen molar-refractivity contribution in [2.45, 2.75) is 43.9 Å². The van der Waals surface area contributed by atoms with Crippen molar-refractivity contribution < 1.29 is 0 Å². The van der Waals surface area contributed by atoms with E-state index in [2.05, 4.69) is 221 Å². The number of hydrogen-bond acceptors (Lipinski definition) is 1. The first kappa shape index (κ1) is 32.9. The fraction of sp³-hybridized carbons (Fsp3) is 0.127. The molecule has 0 radical (unpaired) electrons. The van der Waals surface area contributed by atoms with E-state index in [-0.39, 0.29) is 10.8 Å². The molecule has 0 bridgehead atoms. The van der Waals surface area contributed by atoms with Crippen LogP contribution in [0.5, 0.6) is 0 Å². The van der Waals surface area contributed by atoms with Crippen LogP contribution in [0, 0.1) is 0 Å². The average molecular weight is 718 g/mol. The fourth-order valence-corrected chi connectivity index (χ4v) is 10.9. The third-order valence-corrected chi connectivity index (χ3v) is 13.3. The summed E-state index contributed by atoms with van der Waals surface area (Å²) < 4.78 is 0. The topological polar surface area (TPSA) is 3.24 Å². The Hall–Kier alpha value is -6.44. The Morgan fingerprint density at radius 3 is 1.52 bits per heavy atom. The molecule has 0 atom stereocenters. The Morgan fingerprint density at radius 2 is 0.821 bits per heavy atom. The van der Waals surface area contributed by atoms with Gasteiger partial charge in [0.15, 0.2) is 0 Å². The number of fused-ring (bicyclic) bond motifs is 12. The van der Waals surface area contributed by atoms with Crippen molar-refractivity contribution >= 4 is 17.1 Å². The van der Waals surface area contributed by atoms with E-state index in [0.717, 1.165) is 11.4 Å². The predicted molar refractivity (Wildman–Crippen MR) is 234 cm³/mol. The molecule has 0 N–H and O–H groups in total. The van der Waals surface area contributed by atoms with Crippen LogP contribution in [0.3, 0.4) is 0 Å². The van der Waals surface area contributed by atoms with Crippen LogP contribution in [0.2, 0.25) is 0 Å². The lowest BCUT2D eigenvalue weighted by Crippen LogP contribution is -2.40. The van der Waals surface area contributed by atoms with Gasteiger partial charge < -0.3 is 4.90 Å². The Kier molecular flexibility index (Phi) is 6.93. The molecule has 0 unspecified atom stereocenters. The van der Waals surface area contributed by atoms with Crippen molar-refractivity contribution in [3.05, 3.63) is 233 Å². The fourth-order valence-electron chi connectivity index (χ4n) is 10.9. The second-order valence-electron chi connectivity index (χ2n) is 16.9. The van der Waals surface area contributed by atoms with E-state index in [1.165, 1.54) is 83.6 Å². The molecule has 0 saturated carbocycles. The molecule has 1 heteroatoms. The van der Waals surface area contributed by atoms with E-state index < -0.39 is 5.41 Å². The van der Waals surface area contributed by atoms with Crippen LogP contribution in [0.15, 0.2) is 188 Å². The van der Waals surface area contributed by atoms with Crippen molar-refractivity contribution in [1.29, 1.82) is 0 Å². The maximum atomic E-state index is 2.46.